The van der Waals surface area contributed by atoms with Gasteiger partial charge in [0.25, 0.3) is 5.91 Å². The fourth-order valence-electron chi connectivity index (χ4n) is 2.67. The third kappa shape index (κ3) is 3.82. The number of benzene rings is 1. The van der Waals surface area contributed by atoms with Crippen LogP contribution in [0.5, 0.6) is 5.88 Å². The zero-order valence-electron chi connectivity index (χ0n) is 13.9. The lowest BCUT2D eigenvalue weighted by molar-refractivity contribution is 0.0746. The first kappa shape index (κ1) is 16.2. The minimum Gasteiger partial charge on any atom is -0.477 e. The highest BCUT2D eigenvalue weighted by Gasteiger charge is 2.22. The summed E-state index contributed by atoms with van der Waals surface area (Å²) in [5, 5.41) is 8.33. The predicted molar refractivity (Wildman–Crippen MR) is 92.4 cm³/mol. The second-order valence-electron chi connectivity index (χ2n) is 5.72. The zero-order chi connectivity index (χ0) is 16.8. The normalized spacial score (nSPS) is 14.5. The van der Waals surface area contributed by atoms with Crippen LogP contribution >= 0.6 is 0 Å². The Kier molecular flexibility index (Phi) is 5.25. The van der Waals surface area contributed by atoms with E-state index in [0.717, 1.165) is 30.9 Å². The molecule has 0 radical (unpaired) electrons. The number of amides is 1. The first-order valence-corrected chi connectivity index (χ1v) is 8.33. The first-order chi connectivity index (χ1) is 11.8. The van der Waals surface area contributed by atoms with Gasteiger partial charge >= 0.3 is 0 Å². The number of hydrogen-bond acceptors (Lipinski definition) is 5. The molecule has 2 heterocycles. The topological polar surface area (TPSA) is 58.6 Å². The molecule has 0 bridgehead atoms. The average Bonchev–Trinajstić information content (AvgIpc) is 2.67. The zero-order valence-corrected chi connectivity index (χ0v) is 13.9. The minimum atomic E-state index is 0.0876. The first-order valence-electron chi connectivity index (χ1n) is 8.33. The molecule has 6 heteroatoms. The monoisotopic (exact) mass is 326 g/mol. The maximum atomic E-state index is 12.5. The summed E-state index contributed by atoms with van der Waals surface area (Å²) in [5.74, 6) is 1.47. The summed E-state index contributed by atoms with van der Waals surface area (Å²) in [6.45, 7) is 5.57. The predicted octanol–water partition coefficient (Wildman–Crippen LogP) is 2.23. The second kappa shape index (κ2) is 7.77. The van der Waals surface area contributed by atoms with Crippen LogP contribution in [0.15, 0.2) is 42.5 Å². The summed E-state index contributed by atoms with van der Waals surface area (Å²) >= 11 is 0. The van der Waals surface area contributed by atoms with Gasteiger partial charge in [-0.1, -0.05) is 25.1 Å². The van der Waals surface area contributed by atoms with Gasteiger partial charge in [0.2, 0.25) is 5.88 Å². The number of piperazine rings is 1. The number of aromatic nitrogens is 2. The van der Waals surface area contributed by atoms with Crippen molar-refractivity contribution in [3.8, 4) is 5.88 Å². The molecule has 1 amide bonds. The van der Waals surface area contributed by atoms with Crippen molar-refractivity contribution in [2.75, 3.05) is 37.7 Å². The van der Waals surface area contributed by atoms with E-state index < -0.39 is 0 Å². The van der Waals surface area contributed by atoms with Crippen LogP contribution in [0, 0.1) is 0 Å². The van der Waals surface area contributed by atoms with Crippen LogP contribution in [-0.4, -0.2) is 53.8 Å². The number of carbonyl (C=O) groups excluding carboxylic acids is 1. The highest BCUT2D eigenvalue weighted by Crippen LogP contribution is 2.16. The standard InChI is InChI=1S/C18H22N4O2/c1-2-14-24-17-9-8-16(19-20-17)21-10-12-22(13-11-21)18(23)15-6-4-3-5-7-15/h3-9H,2,10-14H2,1H3. The van der Waals surface area contributed by atoms with Gasteiger partial charge in [-0.2, -0.15) is 0 Å². The molecule has 0 saturated carbocycles. The molecule has 1 fully saturated rings. The molecular formula is C18H22N4O2. The van der Waals surface area contributed by atoms with Crippen molar-refractivity contribution in [3.63, 3.8) is 0 Å². The Hall–Kier alpha value is -2.63. The Morgan fingerprint density at radius 3 is 2.42 bits per heavy atom. The number of ether oxygens (including phenoxy) is 1. The highest BCUT2D eigenvalue weighted by molar-refractivity contribution is 5.94. The lowest BCUT2D eigenvalue weighted by Gasteiger charge is -2.35. The molecule has 1 aliphatic rings. The molecule has 0 N–H and O–H groups in total. The van der Waals surface area contributed by atoms with Crippen molar-refractivity contribution in [1.82, 2.24) is 15.1 Å². The quantitative estimate of drug-likeness (QED) is 0.843. The summed E-state index contributed by atoms with van der Waals surface area (Å²) in [5.41, 5.74) is 0.739. The van der Waals surface area contributed by atoms with Crippen molar-refractivity contribution in [2.45, 2.75) is 13.3 Å². The molecule has 6 nitrogen and oxygen atoms in total. The highest BCUT2D eigenvalue weighted by atomic mass is 16.5. The number of carbonyl (C=O) groups is 1. The van der Waals surface area contributed by atoms with Gasteiger partial charge in [-0.05, 0) is 24.6 Å². The molecule has 1 aromatic carbocycles. The van der Waals surface area contributed by atoms with Gasteiger partial charge in [0.15, 0.2) is 5.82 Å². The maximum absolute atomic E-state index is 12.5. The Morgan fingerprint density at radius 1 is 1.04 bits per heavy atom. The van der Waals surface area contributed by atoms with Crippen LogP contribution in [0.25, 0.3) is 0 Å². The summed E-state index contributed by atoms with van der Waals surface area (Å²) < 4.78 is 5.45. The summed E-state index contributed by atoms with van der Waals surface area (Å²) in [4.78, 5) is 16.5. The van der Waals surface area contributed by atoms with E-state index in [1.165, 1.54) is 0 Å². The van der Waals surface area contributed by atoms with Crippen LogP contribution in [0.2, 0.25) is 0 Å². The molecule has 1 aromatic heterocycles. The van der Waals surface area contributed by atoms with Crippen LogP contribution in [-0.2, 0) is 0 Å². The number of hydrogen-bond donors (Lipinski definition) is 0. The maximum Gasteiger partial charge on any atom is 0.253 e. The third-order valence-corrected chi connectivity index (χ3v) is 3.99. The molecule has 0 spiro atoms. The van der Waals surface area contributed by atoms with Gasteiger partial charge in [-0.15, -0.1) is 10.2 Å². The lowest BCUT2D eigenvalue weighted by atomic mass is 10.2. The van der Waals surface area contributed by atoms with E-state index in [4.69, 9.17) is 4.74 Å². The molecule has 24 heavy (non-hydrogen) atoms. The largest absolute Gasteiger partial charge is 0.477 e. The van der Waals surface area contributed by atoms with Gasteiger partial charge in [-0.25, -0.2) is 0 Å². The Balaban J connectivity index is 1.56. The van der Waals surface area contributed by atoms with Gasteiger partial charge in [-0.3, -0.25) is 4.79 Å². The summed E-state index contributed by atoms with van der Waals surface area (Å²) in [6, 6.07) is 13.2. The summed E-state index contributed by atoms with van der Waals surface area (Å²) in [7, 11) is 0. The number of nitrogens with zero attached hydrogens (tertiary/aromatic N) is 4. The van der Waals surface area contributed by atoms with Crippen LogP contribution < -0.4 is 9.64 Å². The smallest absolute Gasteiger partial charge is 0.253 e. The van der Waals surface area contributed by atoms with E-state index in [-0.39, 0.29) is 5.91 Å². The minimum absolute atomic E-state index is 0.0876. The molecule has 1 saturated heterocycles. The molecule has 126 valence electrons. The van der Waals surface area contributed by atoms with E-state index in [1.54, 1.807) is 0 Å². The van der Waals surface area contributed by atoms with Gasteiger partial charge in [0.1, 0.15) is 0 Å². The Bertz CT molecular complexity index is 652. The molecule has 0 aliphatic carbocycles. The van der Waals surface area contributed by atoms with Crippen LogP contribution in [0.1, 0.15) is 23.7 Å². The van der Waals surface area contributed by atoms with Crippen molar-refractivity contribution in [3.05, 3.63) is 48.0 Å². The summed E-state index contributed by atoms with van der Waals surface area (Å²) in [6.07, 6.45) is 0.945. The van der Waals surface area contributed by atoms with Crippen LogP contribution in [0.4, 0.5) is 5.82 Å². The number of rotatable bonds is 5. The fourth-order valence-corrected chi connectivity index (χ4v) is 2.67. The van der Waals surface area contributed by atoms with Gasteiger partial charge in [0.05, 0.1) is 6.61 Å². The van der Waals surface area contributed by atoms with Crippen molar-refractivity contribution < 1.29 is 9.53 Å². The Morgan fingerprint density at radius 2 is 1.79 bits per heavy atom. The Labute approximate surface area is 142 Å². The molecule has 0 atom stereocenters. The molecular weight excluding hydrogens is 304 g/mol. The van der Waals surface area contributed by atoms with Gasteiger partial charge < -0.3 is 14.5 Å². The van der Waals surface area contributed by atoms with E-state index in [1.807, 2.05) is 47.4 Å². The number of anilines is 1. The molecule has 3 rings (SSSR count). The van der Waals surface area contributed by atoms with E-state index in [2.05, 4.69) is 22.0 Å². The average molecular weight is 326 g/mol. The van der Waals surface area contributed by atoms with Crippen molar-refractivity contribution in [2.24, 2.45) is 0 Å². The molecule has 1 aliphatic heterocycles. The fraction of sp³-hybridized carbons (Fsp3) is 0.389. The third-order valence-electron chi connectivity index (χ3n) is 3.99. The second-order valence-corrected chi connectivity index (χ2v) is 5.72. The molecule has 0 unspecified atom stereocenters. The van der Waals surface area contributed by atoms with Crippen molar-refractivity contribution in [1.29, 1.82) is 0 Å². The van der Waals surface area contributed by atoms with E-state index in [0.29, 0.717) is 25.6 Å². The van der Waals surface area contributed by atoms with E-state index in [9.17, 15) is 4.79 Å². The van der Waals surface area contributed by atoms with Gasteiger partial charge in [0, 0.05) is 37.8 Å². The van der Waals surface area contributed by atoms with Crippen molar-refractivity contribution >= 4 is 11.7 Å². The SMILES string of the molecule is CCCOc1ccc(N2CCN(C(=O)c3ccccc3)CC2)nn1. The lowest BCUT2D eigenvalue weighted by Crippen LogP contribution is -2.49. The van der Waals surface area contributed by atoms with E-state index >= 15 is 0 Å². The van der Waals surface area contributed by atoms with Crippen LogP contribution in [0.3, 0.4) is 0 Å². The molecule has 2 aromatic rings.